The van der Waals surface area contributed by atoms with Crippen molar-refractivity contribution < 1.29 is 18.0 Å². The summed E-state index contributed by atoms with van der Waals surface area (Å²) in [5.41, 5.74) is 1.89. The van der Waals surface area contributed by atoms with Gasteiger partial charge in [0.25, 0.3) is 5.91 Å². The second kappa shape index (κ2) is 10.3. The molecule has 1 aliphatic heterocycles. The highest BCUT2D eigenvalue weighted by atomic mass is 32.2. The average Bonchev–Trinajstić information content (AvgIpc) is 2.78. The first kappa shape index (κ1) is 23.9. The second-order valence-electron chi connectivity index (χ2n) is 8.54. The van der Waals surface area contributed by atoms with Crippen LogP contribution in [0, 0.1) is 12.8 Å². The van der Waals surface area contributed by atoms with Crippen LogP contribution in [-0.2, 0) is 14.8 Å². The summed E-state index contributed by atoms with van der Waals surface area (Å²) >= 11 is 0. The number of anilines is 1. The van der Waals surface area contributed by atoms with Gasteiger partial charge in [-0.1, -0.05) is 44.0 Å². The van der Waals surface area contributed by atoms with Gasteiger partial charge in [-0.3, -0.25) is 9.59 Å². The number of hydrogen-bond donors (Lipinski definition) is 2. The van der Waals surface area contributed by atoms with Gasteiger partial charge < -0.3 is 10.6 Å². The zero-order valence-corrected chi connectivity index (χ0v) is 19.6. The standard InChI is InChI=1S/C24H31N3O4S/c1-17(2)22(26-23(28)19-12-10-18(3)11-13-19)24(29)25-20-8-7-9-21(16-20)32(30,31)27-14-5-4-6-15-27/h7-13,16-17,22H,4-6,14-15H2,1-3H3,(H,25,29)(H,26,28). The lowest BCUT2D eigenvalue weighted by atomic mass is 10.0. The number of rotatable bonds is 7. The lowest BCUT2D eigenvalue weighted by Gasteiger charge is -2.26. The Morgan fingerprint density at radius 3 is 2.25 bits per heavy atom. The maximum Gasteiger partial charge on any atom is 0.251 e. The number of sulfonamides is 1. The van der Waals surface area contributed by atoms with E-state index in [4.69, 9.17) is 0 Å². The Labute approximate surface area is 190 Å². The fourth-order valence-corrected chi connectivity index (χ4v) is 5.24. The molecule has 0 radical (unpaired) electrons. The van der Waals surface area contributed by atoms with E-state index < -0.39 is 22.0 Å². The molecule has 0 saturated carbocycles. The van der Waals surface area contributed by atoms with Crippen LogP contribution >= 0.6 is 0 Å². The SMILES string of the molecule is Cc1ccc(C(=O)NC(C(=O)Nc2cccc(S(=O)(=O)N3CCCCC3)c2)C(C)C)cc1. The first-order chi connectivity index (χ1) is 15.2. The van der Waals surface area contributed by atoms with Crippen molar-refractivity contribution in [2.75, 3.05) is 18.4 Å². The minimum Gasteiger partial charge on any atom is -0.340 e. The molecule has 7 nitrogen and oxygen atoms in total. The van der Waals surface area contributed by atoms with Crippen LogP contribution in [0.1, 0.15) is 49.0 Å². The molecule has 32 heavy (non-hydrogen) atoms. The van der Waals surface area contributed by atoms with Gasteiger partial charge in [0, 0.05) is 24.3 Å². The number of piperidine rings is 1. The third kappa shape index (κ3) is 5.75. The van der Waals surface area contributed by atoms with E-state index in [1.54, 1.807) is 30.3 Å². The lowest BCUT2D eigenvalue weighted by molar-refractivity contribution is -0.118. The molecule has 0 spiro atoms. The Hall–Kier alpha value is -2.71. The van der Waals surface area contributed by atoms with Gasteiger partial charge in [-0.2, -0.15) is 4.31 Å². The summed E-state index contributed by atoms with van der Waals surface area (Å²) < 4.78 is 27.4. The zero-order valence-electron chi connectivity index (χ0n) is 18.8. The van der Waals surface area contributed by atoms with Crippen molar-refractivity contribution in [3.63, 3.8) is 0 Å². The summed E-state index contributed by atoms with van der Waals surface area (Å²) in [6.07, 6.45) is 2.74. The normalized spacial score (nSPS) is 15.9. The monoisotopic (exact) mass is 457 g/mol. The van der Waals surface area contributed by atoms with Crippen molar-refractivity contribution in [3.05, 3.63) is 59.7 Å². The summed E-state index contributed by atoms with van der Waals surface area (Å²) in [6, 6.07) is 12.6. The minimum absolute atomic E-state index is 0.155. The molecular formula is C24H31N3O4S. The smallest absolute Gasteiger partial charge is 0.251 e. The van der Waals surface area contributed by atoms with Crippen LogP contribution in [0.3, 0.4) is 0 Å². The van der Waals surface area contributed by atoms with Crippen molar-refractivity contribution in [2.45, 2.75) is 51.0 Å². The molecule has 1 aliphatic rings. The van der Waals surface area contributed by atoms with Crippen LogP contribution in [0.5, 0.6) is 0 Å². The molecule has 2 aromatic carbocycles. The highest BCUT2D eigenvalue weighted by Gasteiger charge is 2.28. The number of nitrogens with one attached hydrogen (secondary N) is 2. The Morgan fingerprint density at radius 1 is 0.969 bits per heavy atom. The maximum absolute atomic E-state index is 13.0. The van der Waals surface area contributed by atoms with Crippen LogP contribution in [0.15, 0.2) is 53.4 Å². The molecule has 1 fully saturated rings. The Balaban J connectivity index is 1.73. The molecule has 3 rings (SSSR count). The van der Waals surface area contributed by atoms with Gasteiger partial charge in [-0.25, -0.2) is 8.42 Å². The molecule has 0 bridgehead atoms. The van der Waals surface area contributed by atoms with Crippen LogP contribution in [0.4, 0.5) is 5.69 Å². The van der Waals surface area contributed by atoms with Crippen molar-refractivity contribution in [1.29, 1.82) is 0 Å². The predicted octanol–water partition coefficient (Wildman–Crippen LogP) is 3.56. The molecule has 2 amide bonds. The predicted molar refractivity (Wildman–Crippen MR) is 125 cm³/mol. The number of aryl methyl sites for hydroxylation is 1. The summed E-state index contributed by atoms with van der Waals surface area (Å²) in [6.45, 7) is 6.65. The number of amides is 2. The quantitative estimate of drug-likeness (QED) is 0.665. The first-order valence-corrected chi connectivity index (χ1v) is 12.4. The average molecular weight is 458 g/mol. The zero-order chi connectivity index (χ0) is 23.3. The van der Waals surface area contributed by atoms with Crippen molar-refractivity contribution in [2.24, 2.45) is 5.92 Å². The van der Waals surface area contributed by atoms with Gasteiger partial charge in [0.05, 0.1) is 4.90 Å². The van der Waals surface area contributed by atoms with E-state index in [1.165, 1.54) is 10.4 Å². The Kier molecular flexibility index (Phi) is 7.69. The lowest BCUT2D eigenvalue weighted by Crippen LogP contribution is -2.47. The van der Waals surface area contributed by atoms with Crippen LogP contribution in [0.25, 0.3) is 0 Å². The molecule has 1 unspecified atom stereocenters. The third-order valence-corrected chi connectivity index (χ3v) is 7.50. The molecule has 2 N–H and O–H groups in total. The number of benzene rings is 2. The van der Waals surface area contributed by atoms with Gasteiger partial charge in [0.15, 0.2) is 0 Å². The molecule has 0 aliphatic carbocycles. The maximum atomic E-state index is 13.0. The number of hydrogen-bond acceptors (Lipinski definition) is 4. The van der Waals surface area contributed by atoms with Gasteiger partial charge in [0.2, 0.25) is 15.9 Å². The molecular weight excluding hydrogens is 426 g/mol. The van der Waals surface area contributed by atoms with Gasteiger partial charge in [-0.15, -0.1) is 0 Å². The molecule has 0 aromatic heterocycles. The molecule has 1 heterocycles. The summed E-state index contributed by atoms with van der Waals surface area (Å²) in [5, 5.41) is 5.56. The minimum atomic E-state index is -3.60. The summed E-state index contributed by atoms with van der Waals surface area (Å²) in [5.74, 6) is -0.891. The van der Waals surface area contributed by atoms with Gasteiger partial charge >= 0.3 is 0 Å². The number of carbonyl (C=O) groups is 2. The Bertz CT molecular complexity index is 1060. The molecule has 8 heteroatoms. The van der Waals surface area contributed by atoms with E-state index in [9.17, 15) is 18.0 Å². The van der Waals surface area contributed by atoms with Crippen molar-refractivity contribution in [1.82, 2.24) is 9.62 Å². The third-order valence-electron chi connectivity index (χ3n) is 5.60. The van der Waals surface area contributed by atoms with E-state index in [2.05, 4.69) is 10.6 Å². The molecule has 1 atom stereocenters. The van der Waals surface area contributed by atoms with E-state index >= 15 is 0 Å². The van der Waals surface area contributed by atoms with E-state index in [1.807, 2.05) is 32.9 Å². The van der Waals surface area contributed by atoms with Crippen LogP contribution < -0.4 is 10.6 Å². The molecule has 172 valence electrons. The Morgan fingerprint density at radius 2 is 1.62 bits per heavy atom. The first-order valence-electron chi connectivity index (χ1n) is 11.0. The fraction of sp³-hybridized carbons (Fsp3) is 0.417. The van der Waals surface area contributed by atoms with Crippen LogP contribution in [0.2, 0.25) is 0 Å². The second-order valence-corrected chi connectivity index (χ2v) is 10.5. The van der Waals surface area contributed by atoms with Gasteiger partial charge in [-0.05, 0) is 56.0 Å². The van der Waals surface area contributed by atoms with E-state index in [0.29, 0.717) is 24.3 Å². The number of nitrogens with zero attached hydrogens (tertiary/aromatic N) is 1. The van der Waals surface area contributed by atoms with E-state index in [-0.39, 0.29) is 16.7 Å². The highest BCUT2D eigenvalue weighted by Crippen LogP contribution is 2.23. The summed E-state index contributed by atoms with van der Waals surface area (Å²) in [4.78, 5) is 25.7. The topological polar surface area (TPSA) is 95.6 Å². The summed E-state index contributed by atoms with van der Waals surface area (Å²) in [7, 11) is -3.60. The van der Waals surface area contributed by atoms with Crippen molar-refractivity contribution in [3.8, 4) is 0 Å². The largest absolute Gasteiger partial charge is 0.340 e. The fourth-order valence-electron chi connectivity index (χ4n) is 3.67. The van der Waals surface area contributed by atoms with Crippen LogP contribution in [-0.4, -0.2) is 43.7 Å². The number of carbonyl (C=O) groups excluding carboxylic acids is 2. The van der Waals surface area contributed by atoms with E-state index in [0.717, 1.165) is 24.8 Å². The highest BCUT2D eigenvalue weighted by molar-refractivity contribution is 7.89. The molecule has 1 saturated heterocycles. The molecule has 2 aromatic rings. The van der Waals surface area contributed by atoms with Gasteiger partial charge in [0.1, 0.15) is 6.04 Å². The van der Waals surface area contributed by atoms with Crippen molar-refractivity contribution >= 4 is 27.5 Å².